The average Bonchev–Trinajstić information content (AvgIpc) is 2.24. The zero-order valence-corrected chi connectivity index (χ0v) is 9.50. The monoisotopic (exact) mass is 204 g/mol. The first-order valence-corrected chi connectivity index (χ1v) is 5.99. The summed E-state index contributed by atoms with van der Waals surface area (Å²) in [4.78, 5) is 2.50. The molecule has 2 nitrogen and oxygen atoms in total. The number of benzene rings is 1. The second-order valence-corrected chi connectivity index (χ2v) is 4.14. The molecule has 0 unspecified atom stereocenters. The van der Waals surface area contributed by atoms with Crippen LogP contribution in [0.15, 0.2) is 24.3 Å². The van der Waals surface area contributed by atoms with E-state index in [-0.39, 0.29) is 0 Å². The second kappa shape index (κ2) is 5.06. The van der Waals surface area contributed by atoms with Crippen molar-refractivity contribution in [3.05, 3.63) is 24.3 Å². The van der Waals surface area contributed by atoms with E-state index in [2.05, 4.69) is 41.4 Å². The summed E-state index contributed by atoms with van der Waals surface area (Å²) < 4.78 is 0. The van der Waals surface area contributed by atoms with Gasteiger partial charge in [0.15, 0.2) is 0 Å². The number of para-hydroxylation sites is 2. The molecule has 15 heavy (non-hydrogen) atoms. The molecular weight excluding hydrogens is 184 g/mol. The van der Waals surface area contributed by atoms with Crippen molar-refractivity contribution < 1.29 is 0 Å². The molecule has 0 saturated heterocycles. The number of nitrogens with one attached hydrogen (secondary N) is 1. The molecule has 2 heteroatoms. The van der Waals surface area contributed by atoms with Crippen LogP contribution < -0.4 is 10.2 Å². The topological polar surface area (TPSA) is 15.3 Å². The van der Waals surface area contributed by atoms with Crippen LogP contribution in [0.25, 0.3) is 0 Å². The molecule has 1 aliphatic heterocycles. The van der Waals surface area contributed by atoms with Gasteiger partial charge in [-0.05, 0) is 31.4 Å². The summed E-state index contributed by atoms with van der Waals surface area (Å²) in [6.07, 6.45) is 3.78. The molecule has 2 rings (SSSR count). The van der Waals surface area contributed by atoms with Crippen LogP contribution in [-0.4, -0.2) is 19.6 Å². The Kier molecular flexibility index (Phi) is 3.49. The van der Waals surface area contributed by atoms with Gasteiger partial charge < -0.3 is 10.2 Å². The molecule has 1 heterocycles. The van der Waals surface area contributed by atoms with Gasteiger partial charge in [-0.3, -0.25) is 0 Å². The summed E-state index contributed by atoms with van der Waals surface area (Å²) in [6, 6.07) is 8.65. The molecule has 0 radical (unpaired) electrons. The van der Waals surface area contributed by atoms with E-state index in [0.717, 1.165) is 6.54 Å². The quantitative estimate of drug-likeness (QED) is 0.796. The van der Waals surface area contributed by atoms with Gasteiger partial charge in [-0.15, -0.1) is 0 Å². The van der Waals surface area contributed by atoms with Crippen molar-refractivity contribution in [1.82, 2.24) is 0 Å². The predicted molar refractivity (Wildman–Crippen MR) is 66.7 cm³/mol. The Morgan fingerprint density at radius 1 is 1.27 bits per heavy atom. The van der Waals surface area contributed by atoms with Crippen molar-refractivity contribution >= 4 is 11.4 Å². The Morgan fingerprint density at radius 2 is 2.13 bits per heavy atom. The van der Waals surface area contributed by atoms with E-state index in [0.29, 0.717) is 0 Å². The Hall–Kier alpha value is -1.18. The van der Waals surface area contributed by atoms with E-state index < -0.39 is 0 Å². The van der Waals surface area contributed by atoms with Crippen molar-refractivity contribution in [3.63, 3.8) is 0 Å². The molecule has 1 aromatic rings. The van der Waals surface area contributed by atoms with E-state index in [1.54, 1.807) is 0 Å². The lowest BCUT2D eigenvalue weighted by atomic mass is 10.1. The standard InChI is InChI=1S/C13H20N2/c1-2-10-15-11-6-5-9-14-12-7-3-4-8-13(12)15/h3-4,7-8,14H,2,5-6,9-11H2,1H3. The largest absolute Gasteiger partial charge is 0.383 e. The van der Waals surface area contributed by atoms with Crippen LogP contribution in [0.1, 0.15) is 26.2 Å². The Balaban J connectivity index is 2.25. The normalized spacial score (nSPS) is 16.2. The lowest BCUT2D eigenvalue weighted by Crippen LogP contribution is -2.28. The number of hydrogen-bond donors (Lipinski definition) is 1. The molecule has 0 fully saturated rings. The highest BCUT2D eigenvalue weighted by molar-refractivity contribution is 5.70. The Labute approximate surface area is 92.3 Å². The molecule has 0 saturated carbocycles. The van der Waals surface area contributed by atoms with E-state index in [1.165, 1.54) is 43.7 Å². The third-order valence-corrected chi connectivity index (χ3v) is 2.91. The fourth-order valence-electron chi connectivity index (χ4n) is 2.17. The summed E-state index contributed by atoms with van der Waals surface area (Å²) in [5, 5.41) is 3.51. The number of rotatable bonds is 2. The summed E-state index contributed by atoms with van der Waals surface area (Å²) >= 11 is 0. The smallest absolute Gasteiger partial charge is 0.0602 e. The van der Waals surface area contributed by atoms with Gasteiger partial charge in [0.1, 0.15) is 0 Å². The first-order chi connectivity index (χ1) is 7.42. The number of nitrogens with zero attached hydrogens (tertiary/aromatic N) is 1. The highest BCUT2D eigenvalue weighted by atomic mass is 15.1. The molecule has 1 aliphatic rings. The summed E-state index contributed by atoms with van der Waals surface area (Å²) in [5.41, 5.74) is 2.67. The number of fused-ring (bicyclic) bond motifs is 1. The van der Waals surface area contributed by atoms with Crippen LogP contribution in [0.2, 0.25) is 0 Å². The van der Waals surface area contributed by atoms with Crippen molar-refractivity contribution in [3.8, 4) is 0 Å². The zero-order chi connectivity index (χ0) is 10.5. The predicted octanol–water partition coefficient (Wildman–Crippen LogP) is 3.11. The first kappa shape index (κ1) is 10.3. The molecule has 0 aromatic heterocycles. The maximum atomic E-state index is 3.51. The molecule has 1 aromatic carbocycles. The maximum absolute atomic E-state index is 3.51. The first-order valence-electron chi connectivity index (χ1n) is 5.99. The van der Waals surface area contributed by atoms with Crippen LogP contribution in [0.5, 0.6) is 0 Å². The Morgan fingerprint density at radius 3 is 3.00 bits per heavy atom. The van der Waals surface area contributed by atoms with E-state index in [1.807, 2.05) is 0 Å². The molecule has 82 valence electrons. The summed E-state index contributed by atoms with van der Waals surface area (Å²) in [7, 11) is 0. The van der Waals surface area contributed by atoms with Crippen molar-refractivity contribution in [2.45, 2.75) is 26.2 Å². The maximum Gasteiger partial charge on any atom is 0.0602 e. The molecule has 0 aliphatic carbocycles. The van der Waals surface area contributed by atoms with E-state index in [9.17, 15) is 0 Å². The fraction of sp³-hybridized carbons (Fsp3) is 0.538. The molecule has 1 N–H and O–H groups in total. The van der Waals surface area contributed by atoms with Crippen LogP contribution in [0.4, 0.5) is 11.4 Å². The van der Waals surface area contributed by atoms with Gasteiger partial charge in [0.2, 0.25) is 0 Å². The molecule has 0 atom stereocenters. The minimum Gasteiger partial charge on any atom is -0.383 e. The molecule has 0 bridgehead atoms. The third-order valence-electron chi connectivity index (χ3n) is 2.91. The highest BCUT2D eigenvalue weighted by Gasteiger charge is 2.11. The van der Waals surface area contributed by atoms with Crippen molar-refractivity contribution in [2.24, 2.45) is 0 Å². The minimum atomic E-state index is 1.11. The number of hydrogen-bond acceptors (Lipinski definition) is 2. The minimum absolute atomic E-state index is 1.11. The summed E-state index contributed by atoms with van der Waals surface area (Å²) in [6.45, 7) is 5.72. The van der Waals surface area contributed by atoms with Gasteiger partial charge in [0, 0.05) is 19.6 Å². The second-order valence-electron chi connectivity index (χ2n) is 4.14. The SMILES string of the molecule is CCCN1CCCCNc2ccccc21. The van der Waals surface area contributed by atoms with Gasteiger partial charge >= 0.3 is 0 Å². The van der Waals surface area contributed by atoms with Crippen molar-refractivity contribution in [2.75, 3.05) is 29.9 Å². The van der Waals surface area contributed by atoms with Gasteiger partial charge in [0.05, 0.1) is 11.4 Å². The Bertz CT molecular complexity index is 309. The van der Waals surface area contributed by atoms with Gasteiger partial charge in [-0.2, -0.15) is 0 Å². The summed E-state index contributed by atoms with van der Waals surface area (Å²) in [5.74, 6) is 0. The lowest BCUT2D eigenvalue weighted by Gasteiger charge is -2.29. The van der Waals surface area contributed by atoms with Crippen LogP contribution >= 0.6 is 0 Å². The van der Waals surface area contributed by atoms with Gasteiger partial charge in [-0.25, -0.2) is 0 Å². The van der Waals surface area contributed by atoms with Crippen LogP contribution in [-0.2, 0) is 0 Å². The van der Waals surface area contributed by atoms with Crippen LogP contribution in [0, 0.1) is 0 Å². The fourth-order valence-corrected chi connectivity index (χ4v) is 2.17. The molecule has 0 amide bonds. The van der Waals surface area contributed by atoms with Gasteiger partial charge in [-0.1, -0.05) is 19.1 Å². The third kappa shape index (κ3) is 2.44. The van der Waals surface area contributed by atoms with E-state index in [4.69, 9.17) is 0 Å². The average molecular weight is 204 g/mol. The van der Waals surface area contributed by atoms with Gasteiger partial charge in [0.25, 0.3) is 0 Å². The lowest BCUT2D eigenvalue weighted by molar-refractivity contribution is 0.683. The van der Waals surface area contributed by atoms with E-state index >= 15 is 0 Å². The molecule has 0 spiro atoms. The zero-order valence-electron chi connectivity index (χ0n) is 9.50. The van der Waals surface area contributed by atoms with Crippen molar-refractivity contribution in [1.29, 1.82) is 0 Å². The van der Waals surface area contributed by atoms with Crippen LogP contribution in [0.3, 0.4) is 0 Å². The highest BCUT2D eigenvalue weighted by Crippen LogP contribution is 2.27. The number of anilines is 2. The molecular formula is C13H20N2.